The van der Waals surface area contributed by atoms with E-state index in [9.17, 15) is 8.78 Å². The normalized spacial score (nSPS) is 11.1. The molecule has 4 heteroatoms. The smallest absolute Gasteiger partial charge is 0.170 e. The molecule has 0 aromatic heterocycles. The molecule has 0 saturated heterocycles. The summed E-state index contributed by atoms with van der Waals surface area (Å²) in [5.74, 6) is -5.61. The maximum Gasteiger partial charge on any atom is 0.170 e. The van der Waals surface area contributed by atoms with Crippen molar-refractivity contribution in [3.63, 3.8) is 0 Å². The van der Waals surface area contributed by atoms with Crippen molar-refractivity contribution >= 4 is 0 Å². The molecule has 0 aliphatic heterocycles. The van der Waals surface area contributed by atoms with Crippen LogP contribution in [0.15, 0.2) is 170 Å². The molecular formula is C50H34F4. The molecule has 0 heterocycles. The minimum absolute atomic E-state index is 0.0600. The SMILES string of the molecule is Cc1cc(-c2ccc(-c3cc(-c4ccccc4)c(-c4ccccc4)c(-c4ccccc4)c3-c3ccccc3)cc2)cc(-c2c(F)c(F)c(C)c(F)c2F)c1. The van der Waals surface area contributed by atoms with E-state index in [0.29, 0.717) is 11.1 Å². The van der Waals surface area contributed by atoms with Gasteiger partial charge in [-0.3, -0.25) is 0 Å². The topological polar surface area (TPSA) is 0 Å². The second-order valence-electron chi connectivity index (χ2n) is 13.5. The molecule has 0 aliphatic carbocycles. The summed E-state index contributed by atoms with van der Waals surface area (Å²) in [5, 5.41) is 0. The standard InChI is InChI=1S/C50H34F4/c1-31-27-39(29-40(28-31)46-49(53)47(51)32(2)48(52)50(46)54)33-23-25-35(26-24-33)42-30-41(34-15-7-3-8-16-34)43(36-17-9-4-10-18-36)45(38-21-13-6-14-22-38)44(42)37-19-11-5-12-20-37/h3-30H,1-2H3. The van der Waals surface area contributed by atoms with Gasteiger partial charge in [0.05, 0.1) is 5.56 Å². The molecule has 54 heavy (non-hydrogen) atoms. The largest absolute Gasteiger partial charge is 0.203 e. The average Bonchev–Trinajstić information content (AvgIpc) is 3.22. The maximum absolute atomic E-state index is 15.1. The summed E-state index contributed by atoms with van der Waals surface area (Å²) >= 11 is 0. The fourth-order valence-electron chi connectivity index (χ4n) is 7.39. The van der Waals surface area contributed by atoms with Gasteiger partial charge < -0.3 is 0 Å². The van der Waals surface area contributed by atoms with Crippen LogP contribution in [0, 0.1) is 37.1 Å². The Hall–Kier alpha value is -6.52. The number of aryl methyl sites for hydroxylation is 1. The second-order valence-corrected chi connectivity index (χ2v) is 13.5. The highest BCUT2D eigenvalue weighted by Crippen LogP contribution is 2.50. The lowest BCUT2D eigenvalue weighted by atomic mass is 9.79. The molecule has 8 rings (SSSR count). The monoisotopic (exact) mass is 710 g/mol. The van der Waals surface area contributed by atoms with Crippen molar-refractivity contribution in [3.05, 3.63) is 204 Å². The van der Waals surface area contributed by atoms with E-state index in [1.165, 1.54) is 6.07 Å². The van der Waals surface area contributed by atoms with E-state index < -0.39 is 34.4 Å². The van der Waals surface area contributed by atoms with Gasteiger partial charge in [-0.05, 0) is 104 Å². The Morgan fingerprint density at radius 2 is 0.648 bits per heavy atom. The molecule has 0 unspecified atom stereocenters. The summed E-state index contributed by atoms with van der Waals surface area (Å²) in [6, 6.07) is 57.1. The zero-order chi connectivity index (χ0) is 37.3. The molecule has 0 atom stereocenters. The van der Waals surface area contributed by atoms with Gasteiger partial charge in [-0.25, -0.2) is 17.6 Å². The van der Waals surface area contributed by atoms with E-state index in [1.807, 2.05) is 42.5 Å². The maximum atomic E-state index is 15.1. The van der Waals surface area contributed by atoms with Crippen LogP contribution in [0.3, 0.4) is 0 Å². The first-order valence-electron chi connectivity index (χ1n) is 17.8. The third kappa shape index (κ3) is 6.30. The summed E-state index contributed by atoms with van der Waals surface area (Å²) in [5.41, 5.74) is 11.5. The van der Waals surface area contributed by atoms with E-state index in [2.05, 4.69) is 115 Å². The lowest BCUT2D eigenvalue weighted by molar-refractivity contribution is 0.449. The van der Waals surface area contributed by atoms with E-state index in [1.54, 1.807) is 13.0 Å². The Bertz CT molecular complexity index is 2590. The van der Waals surface area contributed by atoms with Gasteiger partial charge in [-0.1, -0.05) is 158 Å². The first-order chi connectivity index (χ1) is 26.3. The molecule has 0 bridgehead atoms. The first kappa shape index (κ1) is 34.6. The van der Waals surface area contributed by atoms with E-state index in [4.69, 9.17) is 0 Å². The van der Waals surface area contributed by atoms with E-state index in [0.717, 1.165) is 68.1 Å². The fourth-order valence-corrected chi connectivity index (χ4v) is 7.39. The van der Waals surface area contributed by atoms with Crippen LogP contribution in [0.1, 0.15) is 11.1 Å². The van der Waals surface area contributed by atoms with E-state index in [-0.39, 0.29) is 5.56 Å². The van der Waals surface area contributed by atoms with Crippen LogP contribution in [0.5, 0.6) is 0 Å². The summed E-state index contributed by atoms with van der Waals surface area (Å²) in [7, 11) is 0. The van der Waals surface area contributed by atoms with Crippen LogP contribution >= 0.6 is 0 Å². The van der Waals surface area contributed by atoms with Crippen LogP contribution in [0.25, 0.3) is 77.9 Å². The lowest BCUT2D eigenvalue weighted by Gasteiger charge is -2.24. The summed E-state index contributed by atoms with van der Waals surface area (Å²) < 4.78 is 59.5. The average molecular weight is 711 g/mol. The Morgan fingerprint density at radius 1 is 0.278 bits per heavy atom. The summed E-state index contributed by atoms with van der Waals surface area (Å²) in [6.07, 6.45) is 0. The Labute approximate surface area is 312 Å². The highest BCUT2D eigenvalue weighted by atomic mass is 19.2. The van der Waals surface area contributed by atoms with Gasteiger partial charge in [0.15, 0.2) is 23.3 Å². The van der Waals surface area contributed by atoms with E-state index >= 15 is 8.78 Å². The third-order valence-electron chi connectivity index (χ3n) is 9.98. The number of halogens is 4. The number of hydrogen-bond acceptors (Lipinski definition) is 0. The fraction of sp³-hybridized carbons (Fsp3) is 0.0400. The zero-order valence-corrected chi connectivity index (χ0v) is 29.7. The predicted octanol–water partition coefficient (Wildman–Crippen LogP) is 14.5. The Morgan fingerprint density at radius 3 is 1.11 bits per heavy atom. The molecule has 0 saturated carbocycles. The van der Waals surface area contributed by atoms with Crippen LogP contribution < -0.4 is 0 Å². The number of rotatable bonds is 7. The van der Waals surface area contributed by atoms with Crippen molar-refractivity contribution in [1.82, 2.24) is 0 Å². The van der Waals surface area contributed by atoms with Crippen LogP contribution in [-0.4, -0.2) is 0 Å². The predicted molar refractivity (Wildman–Crippen MR) is 214 cm³/mol. The Kier molecular flexibility index (Phi) is 9.27. The molecule has 0 nitrogen and oxygen atoms in total. The molecule has 8 aromatic carbocycles. The molecule has 0 aliphatic rings. The number of hydrogen-bond donors (Lipinski definition) is 0. The highest BCUT2D eigenvalue weighted by molar-refractivity contribution is 6.07. The highest BCUT2D eigenvalue weighted by Gasteiger charge is 2.26. The van der Waals surface area contributed by atoms with Crippen LogP contribution in [0.2, 0.25) is 0 Å². The van der Waals surface area contributed by atoms with Gasteiger partial charge >= 0.3 is 0 Å². The molecule has 0 amide bonds. The molecule has 0 fully saturated rings. The quantitative estimate of drug-likeness (QED) is 0.114. The molecule has 8 aromatic rings. The van der Waals surface area contributed by atoms with Crippen molar-refractivity contribution in [1.29, 1.82) is 0 Å². The molecule has 0 radical (unpaired) electrons. The van der Waals surface area contributed by atoms with Crippen molar-refractivity contribution in [3.8, 4) is 77.9 Å². The Balaban J connectivity index is 1.37. The molecule has 0 N–H and O–H groups in total. The van der Waals surface area contributed by atoms with Crippen LogP contribution in [0.4, 0.5) is 17.6 Å². The van der Waals surface area contributed by atoms with Gasteiger partial charge in [0.1, 0.15) is 0 Å². The van der Waals surface area contributed by atoms with Gasteiger partial charge in [0, 0.05) is 5.56 Å². The van der Waals surface area contributed by atoms with Crippen molar-refractivity contribution in [2.75, 3.05) is 0 Å². The lowest BCUT2D eigenvalue weighted by Crippen LogP contribution is -2.03. The molecular weight excluding hydrogens is 677 g/mol. The third-order valence-corrected chi connectivity index (χ3v) is 9.98. The zero-order valence-electron chi connectivity index (χ0n) is 29.7. The molecule has 262 valence electrons. The van der Waals surface area contributed by atoms with Crippen molar-refractivity contribution in [2.24, 2.45) is 0 Å². The minimum Gasteiger partial charge on any atom is -0.203 e. The van der Waals surface area contributed by atoms with Crippen molar-refractivity contribution in [2.45, 2.75) is 13.8 Å². The number of benzene rings is 8. The second kappa shape index (κ2) is 14.5. The summed E-state index contributed by atoms with van der Waals surface area (Å²) in [4.78, 5) is 0. The van der Waals surface area contributed by atoms with Crippen LogP contribution in [-0.2, 0) is 0 Å². The molecule has 0 spiro atoms. The van der Waals surface area contributed by atoms with Gasteiger partial charge in [-0.15, -0.1) is 0 Å². The van der Waals surface area contributed by atoms with Gasteiger partial charge in [-0.2, -0.15) is 0 Å². The van der Waals surface area contributed by atoms with Gasteiger partial charge in [0.25, 0.3) is 0 Å². The van der Waals surface area contributed by atoms with Gasteiger partial charge in [0.2, 0.25) is 0 Å². The minimum atomic E-state index is -1.41. The first-order valence-corrected chi connectivity index (χ1v) is 17.8. The van der Waals surface area contributed by atoms with Crippen molar-refractivity contribution < 1.29 is 17.6 Å². The summed E-state index contributed by atoms with van der Waals surface area (Å²) in [6.45, 7) is 2.81.